The van der Waals surface area contributed by atoms with Gasteiger partial charge in [0.15, 0.2) is 0 Å². The Morgan fingerprint density at radius 1 is 1.35 bits per heavy atom. The standard InChI is InChI=1S/C15H20N2O3/c1-11-7-8-17(9-13(11)18)10-14(19)16-15(20)12-5-3-2-4-6-12/h2-6,11,13,18H,7-10H2,1H3,(H,16,19,20). The lowest BCUT2D eigenvalue weighted by Gasteiger charge is -2.33. The van der Waals surface area contributed by atoms with Crippen LogP contribution in [0.15, 0.2) is 30.3 Å². The number of nitrogens with zero attached hydrogens (tertiary/aromatic N) is 1. The van der Waals surface area contributed by atoms with Crippen molar-refractivity contribution in [3.8, 4) is 0 Å². The molecule has 1 aromatic rings. The number of amides is 2. The molecule has 1 aliphatic heterocycles. The Hall–Kier alpha value is -1.72. The van der Waals surface area contributed by atoms with Gasteiger partial charge >= 0.3 is 0 Å². The second-order valence-electron chi connectivity index (χ2n) is 5.31. The van der Waals surface area contributed by atoms with Gasteiger partial charge in [0.1, 0.15) is 0 Å². The second kappa shape index (κ2) is 6.63. The molecule has 1 aromatic carbocycles. The van der Waals surface area contributed by atoms with Gasteiger partial charge in [-0.05, 0) is 31.0 Å². The van der Waals surface area contributed by atoms with Crippen molar-refractivity contribution >= 4 is 11.8 Å². The highest BCUT2D eigenvalue weighted by Gasteiger charge is 2.25. The van der Waals surface area contributed by atoms with Gasteiger partial charge in [0, 0.05) is 12.1 Å². The smallest absolute Gasteiger partial charge is 0.257 e. The van der Waals surface area contributed by atoms with E-state index in [4.69, 9.17) is 0 Å². The lowest BCUT2D eigenvalue weighted by atomic mass is 9.96. The molecule has 5 heteroatoms. The van der Waals surface area contributed by atoms with Crippen LogP contribution in [0.2, 0.25) is 0 Å². The molecule has 2 N–H and O–H groups in total. The molecule has 0 spiro atoms. The summed E-state index contributed by atoms with van der Waals surface area (Å²) >= 11 is 0. The van der Waals surface area contributed by atoms with Gasteiger partial charge in [-0.25, -0.2) is 0 Å². The molecule has 2 amide bonds. The predicted molar refractivity (Wildman–Crippen MR) is 75.1 cm³/mol. The van der Waals surface area contributed by atoms with Crippen LogP contribution in [0.4, 0.5) is 0 Å². The molecule has 1 saturated heterocycles. The SMILES string of the molecule is CC1CCN(CC(=O)NC(=O)c2ccccc2)CC1O. The maximum atomic E-state index is 11.8. The Bertz CT molecular complexity index is 475. The zero-order valence-electron chi connectivity index (χ0n) is 11.6. The zero-order chi connectivity index (χ0) is 14.5. The summed E-state index contributed by atoms with van der Waals surface area (Å²) in [6.45, 7) is 3.39. The number of nitrogens with one attached hydrogen (secondary N) is 1. The highest BCUT2D eigenvalue weighted by atomic mass is 16.3. The molecule has 0 aromatic heterocycles. The summed E-state index contributed by atoms with van der Waals surface area (Å²) in [4.78, 5) is 25.5. The van der Waals surface area contributed by atoms with Crippen LogP contribution in [0.25, 0.3) is 0 Å². The third-order valence-electron chi connectivity index (χ3n) is 3.66. The van der Waals surface area contributed by atoms with Gasteiger partial charge in [0.05, 0.1) is 12.6 Å². The zero-order valence-corrected chi connectivity index (χ0v) is 11.6. The molecule has 2 atom stereocenters. The Morgan fingerprint density at radius 3 is 2.70 bits per heavy atom. The Kier molecular flexibility index (Phi) is 4.87. The summed E-state index contributed by atoms with van der Waals surface area (Å²) in [6, 6.07) is 8.64. The van der Waals surface area contributed by atoms with Gasteiger partial charge in [-0.3, -0.25) is 19.8 Å². The van der Waals surface area contributed by atoms with E-state index in [0.29, 0.717) is 12.1 Å². The number of β-amino-alcohol motifs (C(OH)–C–C–N with tert-alkyl or cyclic N) is 1. The molecule has 0 aliphatic carbocycles. The van der Waals surface area contributed by atoms with Crippen molar-refractivity contribution < 1.29 is 14.7 Å². The maximum absolute atomic E-state index is 11.8. The number of piperidine rings is 1. The molecule has 0 saturated carbocycles. The van der Waals surface area contributed by atoms with Crippen LogP contribution < -0.4 is 5.32 Å². The van der Waals surface area contributed by atoms with E-state index in [9.17, 15) is 14.7 Å². The first-order chi connectivity index (χ1) is 9.56. The number of carbonyl (C=O) groups excluding carboxylic acids is 2. The van der Waals surface area contributed by atoms with Crippen molar-refractivity contribution in [2.75, 3.05) is 19.6 Å². The van der Waals surface area contributed by atoms with Crippen LogP contribution in [0.5, 0.6) is 0 Å². The average molecular weight is 276 g/mol. The lowest BCUT2D eigenvalue weighted by Crippen LogP contribution is -2.47. The number of hydrogen-bond acceptors (Lipinski definition) is 4. The number of aliphatic hydroxyl groups excluding tert-OH is 1. The molecule has 108 valence electrons. The van der Waals surface area contributed by atoms with Gasteiger partial charge < -0.3 is 5.11 Å². The Balaban J connectivity index is 1.82. The summed E-state index contributed by atoms with van der Waals surface area (Å²) in [6.07, 6.45) is 0.461. The minimum Gasteiger partial charge on any atom is -0.392 e. The predicted octanol–water partition coefficient (Wildman–Crippen LogP) is 0.646. The Labute approximate surface area is 118 Å². The van der Waals surface area contributed by atoms with Gasteiger partial charge in [0.2, 0.25) is 5.91 Å². The van der Waals surface area contributed by atoms with Gasteiger partial charge in [-0.15, -0.1) is 0 Å². The molecule has 20 heavy (non-hydrogen) atoms. The molecular weight excluding hydrogens is 256 g/mol. The summed E-state index contributed by atoms with van der Waals surface area (Å²) in [5, 5.41) is 12.1. The fourth-order valence-corrected chi connectivity index (χ4v) is 2.29. The molecule has 1 fully saturated rings. The number of benzene rings is 1. The molecule has 5 nitrogen and oxygen atoms in total. The Morgan fingerprint density at radius 2 is 2.05 bits per heavy atom. The van der Waals surface area contributed by atoms with Crippen LogP contribution in [0, 0.1) is 5.92 Å². The largest absolute Gasteiger partial charge is 0.392 e. The summed E-state index contributed by atoms with van der Waals surface area (Å²) in [5.74, 6) is -0.456. The third-order valence-corrected chi connectivity index (χ3v) is 3.66. The van der Waals surface area contributed by atoms with E-state index in [1.807, 2.05) is 17.9 Å². The maximum Gasteiger partial charge on any atom is 0.257 e. The van der Waals surface area contributed by atoms with Crippen molar-refractivity contribution in [2.24, 2.45) is 5.92 Å². The number of carbonyl (C=O) groups is 2. The van der Waals surface area contributed by atoms with E-state index < -0.39 is 6.10 Å². The number of rotatable bonds is 3. The topological polar surface area (TPSA) is 69.6 Å². The molecule has 2 rings (SSSR count). The minimum absolute atomic E-state index is 0.141. The van der Waals surface area contributed by atoms with E-state index in [1.165, 1.54) is 0 Å². The van der Waals surface area contributed by atoms with Crippen LogP contribution >= 0.6 is 0 Å². The monoisotopic (exact) mass is 276 g/mol. The fourth-order valence-electron chi connectivity index (χ4n) is 2.29. The van der Waals surface area contributed by atoms with Gasteiger partial charge in [-0.2, -0.15) is 0 Å². The van der Waals surface area contributed by atoms with E-state index in [0.717, 1.165) is 13.0 Å². The molecule has 2 unspecified atom stereocenters. The summed E-state index contributed by atoms with van der Waals surface area (Å²) < 4.78 is 0. The first-order valence-electron chi connectivity index (χ1n) is 6.86. The summed E-state index contributed by atoms with van der Waals surface area (Å²) in [5.41, 5.74) is 0.466. The van der Waals surface area contributed by atoms with Crippen LogP contribution in [-0.2, 0) is 4.79 Å². The highest BCUT2D eigenvalue weighted by molar-refractivity contribution is 6.05. The van der Waals surface area contributed by atoms with E-state index >= 15 is 0 Å². The van der Waals surface area contributed by atoms with Crippen LogP contribution in [0.3, 0.4) is 0 Å². The highest BCUT2D eigenvalue weighted by Crippen LogP contribution is 2.16. The number of aliphatic hydroxyl groups is 1. The quantitative estimate of drug-likeness (QED) is 0.850. The number of imide groups is 1. The molecule has 1 heterocycles. The van der Waals surface area contributed by atoms with Crippen molar-refractivity contribution in [1.29, 1.82) is 0 Å². The second-order valence-corrected chi connectivity index (χ2v) is 5.31. The van der Waals surface area contributed by atoms with Crippen molar-refractivity contribution in [1.82, 2.24) is 10.2 Å². The van der Waals surface area contributed by atoms with E-state index in [2.05, 4.69) is 5.32 Å². The van der Waals surface area contributed by atoms with E-state index in [1.54, 1.807) is 24.3 Å². The molecular formula is C15H20N2O3. The molecule has 1 aliphatic rings. The van der Waals surface area contributed by atoms with E-state index in [-0.39, 0.29) is 24.3 Å². The average Bonchev–Trinajstić information content (AvgIpc) is 2.44. The number of hydrogen-bond donors (Lipinski definition) is 2. The molecule has 0 radical (unpaired) electrons. The fraction of sp³-hybridized carbons (Fsp3) is 0.467. The third kappa shape index (κ3) is 3.88. The lowest BCUT2D eigenvalue weighted by molar-refractivity contribution is -0.122. The minimum atomic E-state index is -0.402. The van der Waals surface area contributed by atoms with Crippen LogP contribution in [-0.4, -0.2) is 47.6 Å². The first-order valence-corrected chi connectivity index (χ1v) is 6.86. The van der Waals surface area contributed by atoms with Crippen molar-refractivity contribution in [3.63, 3.8) is 0 Å². The van der Waals surface area contributed by atoms with Crippen molar-refractivity contribution in [3.05, 3.63) is 35.9 Å². The summed E-state index contributed by atoms with van der Waals surface area (Å²) in [7, 11) is 0. The molecule has 0 bridgehead atoms. The van der Waals surface area contributed by atoms with Gasteiger partial charge in [-0.1, -0.05) is 25.1 Å². The normalized spacial score (nSPS) is 23.3. The van der Waals surface area contributed by atoms with Crippen LogP contribution in [0.1, 0.15) is 23.7 Å². The van der Waals surface area contributed by atoms with Crippen molar-refractivity contribution in [2.45, 2.75) is 19.4 Å². The first kappa shape index (κ1) is 14.7. The van der Waals surface area contributed by atoms with Gasteiger partial charge in [0.25, 0.3) is 5.91 Å². The number of likely N-dealkylation sites (tertiary alicyclic amines) is 1.